The number of sulfone groups is 1. The lowest BCUT2D eigenvalue weighted by Gasteiger charge is -2.17. The second-order valence-corrected chi connectivity index (χ2v) is 7.22. The number of benzene rings is 1. The number of nitrogens with zero attached hydrogens (tertiary/aromatic N) is 1. The maximum atomic E-state index is 11.6. The van der Waals surface area contributed by atoms with Gasteiger partial charge in [-0.1, -0.05) is 6.07 Å². The number of fused-ring (bicyclic) bond motifs is 1. The molecule has 1 heterocycles. The van der Waals surface area contributed by atoms with Crippen molar-refractivity contribution in [3.63, 3.8) is 0 Å². The van der Waals surface area contributed by atoms with E-state index in [0.717, 1.165) is 6.26 Å². The zero-order chi connectivity index (χ0) is 15.1. The Labute approximate surface area is 116 Å². The van der Waals surface area contributed by atoms with Gasteiger partial charge in [0.25, 0.3) is 0 Å². The number of aliphatic hydroxyl groups excluding tert-OH is 1. The quantitative estimate of drug-likeness (QED) is 0.912. The molecule has 2 rings (SSSR count). The van der Waals surface area contributed by atoms with Crippen LogP contribution in [0.5, 0.6) is 0 Å². The zero-order valence-electron chi connectivity index (χ0n) is 11.5. The van der Waals surface area contributed by atoms with E-state index < -0.39 is 26.9 Å². The van der Waals surface area contributed by atoms with Crippen molar-refractivity contribution in [2.24, 2.45) is 0 Å². The highest BCUT2D eigenvalue weighted by atomic mass is 32.2. The molecule has 2 unspecified atom stereocenters. The first kappa shape index (κ1) is 14.8. The van der Waals surface area contributed by atoms with E-state index in [0.29, 0.717) is 23.2 Å². The van der Waals surface area contributed by atoms with Gasteiger partial charge in [-0.2, -0.15) is 0 Å². The van der Waals surface area contributed by atoms with Crippen LogP contribution in [0.2, 0.25) is 0 Å². The Morgan fingerprint density at radius 2 is 2.05 bits per heavy atom. The van der Waals surface area contributed by atoms with Gasteiger partial charge in [0.05, 0.1) is 16.9 Å². The van der Waals surface area contributed by atoms with Crippen LogP contribution in [0.4, 0.5) is 0 Å². The Morgan fingerprint density at radius 1 is 1.40 bits per heavy atom. The number of oxazole rings is 1. The zero-order valence-corrected chi connectivity index (χ0v) is 12.3. The number of rotatable bonds is 4. The van der Waals surface area contributed by atoms with E-state index in [9.17, 15) is 18.3 Å². The summed E-state index contributed by atoms with van der Waals surface area (Å²) in [5.41, 5.74) is 1.38. The topological polar surface area (TPSA) is 89.5 Å². The maximum absolute atomic E-state index is 11.6. The Hall–Kier alpha value is -1.60. The Kier molecular flexibility index (Phi) is 3.75. The summed E-state index contributed by atoms with van der Waals surface area (Å²) < 4.78 is 29.5. The lowest BCUT2D eigenvalue weighted by Crippen LogP contribution is -2.24. The van der Waals surface area contributed by atoms with Gasteiger partial charge in [-0.05, 0) is 31.5 Å². The lowest BCUT2D eigenvalue weighted by molar-refractivity contribution is 0.176. The molecule has 20 heavy (non-hydrogen) atoms. The van der Waals surface area contributed by atoms with Crippen LogP contribution >= 0.6 is 0 Å². The summed E-state index contributed by atoms with van der Waals surface area (Å²) >= 11 is 0. The van der Waals surface area contributed by atoms with Gasteiger partial charge in [0, 0.05) is 12.8 Å². The molecule has 7 heteroatoms. The van der Waals surface area contributed by atoms with E-state index in [1.807, 2.05) is 6.92 Å². The van der Waals surface area contributed by atoms with Crippen LogP contribution in [-0.4, -0.2) is 29.6 Å². The van der Waals surface area contributed by atoms with Crippen molar-refractivity contribution < 1.29 is 17.9 Å². The predicted molar refractivity (Wildman–Crippen MR) is 75.4 cm³/mol. The first-order valence-electron chi connectivity index (χ1n) is 6.26. The van der Waals surface area contributed by atoms with Gasteiger partial charge < -0.3 is 9.52 Å². The molecule has 6 nitrogen and oxygen atoms in total. The maximum Gasteiger partial charge on any atom is 0.419 e. The highest BCUT2D eigenvalue weighted by molar-refractivity contribution is 7.91. The van der Waals surface area contributed by atoms with Gasteiger partial charge in [0.1, 0.15) is 0 Å². The highest BCUT2D eigenvalue weighted by Crippen LogP contribution is 2.25. The van der Waals surface area contributed by atoms with Gasteiger partial charge in [-0.3, -0.25) is 4.57 Å². The molecule has 1 aromatic heterocycles. The molecule has 0 amide bonds. The van der Waals surface area contributed by atoms with Crippen LogP contribution in [0.1, 0.15) is 25.5 Å². The minimum Gasteiger partial charge on any atom is -0.408 e. The summed E-state index contributed by atoms with van der Waals surface area (Å²) in [7, 11) is -3.36. The van der Waals surface area contributed by atoms with E-state index in [1.165, 1.54) is 17.6 Å². The van der Waals surface area contributed by atoms with Gasteiger partial charge in [-0.25, -0.2) is 13.2 Å². The van der Waals surface area contributed by atoms with E-state index in [-0.39, 0.29) is 0 Å². The molecule has 0 spiro atoms. The molecule has 0 radical (unpaired) electrons. The van der Waals surface area contributed by atoms with E-state index >= 15 is 0 Å². The largest absolute Gasteiger partial charge is 0.419 e. The highest BCUT2D eigenvalue weighted by Gasteiger charge is 2.26. The summed E-state index contributed by atoms with van der Waals surface area (Å²) in [5, 5.41) is 9.18. The minimum atomic E-state index is -3.36. The number of hydrogen-bond acceptors (Lipinski definition) is 5. The minimum absolute atomic E-state index is 0.342. The molecule has 0 aliphatic rings. The fraction of sp³-hybridized carbons (Fsp3) is 0.462. The molecule has 2 aromatic rings. The molecule has 0 aliphatic carbocycles. The van der Waals surface area contributed by atoms with E-state index in [4.69, 9.17) is 4.42 Å². The van der Waals surface area contributed by atoms with Crippen molar-refractivity contribution >= 4 is 20.9 Å². The summed E-state index contributed by atoms with van der Waals surface area (Å²) in [4.78, 5) is 11.6. The van der Waals surface area contributed by atoms with Crippen molar-refractivity contribution in [1.82, 2.24) is 4.57 Å². The monoisotopic (exact) mass is 299 g/mol. The van der Waals surface area contributed by atoms with Crippen LogP contribution in [-0.2, 0) is 16.4 Å². The molecular weight excluding hydrogens is 282 g/mol. The third kappa shape index (κ3) is 2.51. The average molecular weight is 299 g/mol. The van der Waals surface area contributed by atoms with Crippen LogP contribution in [0.25, 0.3) is 11.1 Å². The number of aryl methyl sites for hydroxylation is 1. The molecular formula is C13H17NO5S. The summed E-state index contributed by atoms with van der Waals surface area (Å²) in [6, 6.07) is 4.77. The summed E-state index contributed by atoms with van der Waals surface area (Å²) in [6.45, 7) is 3.75. The fourth-order valence-electron chi connectivity index (χ4n) is 2.07. The number of aliphatic hydroxyl groups is 1. The third-order valence-corrected chi connectivity index (χ3v) is 5.08. The van der Waals surface area contributed by atoms with Crippen LogP contribution < -0.4 is 5.76 Å². The SMILES string of the molecule is CCn1c(=O)oc2cc(C(O)C(C)S(C)(=O)=O)ccc21. The van der Waals surface area contributed by atoms with Gasteiger partial charge in [0.2, 0.25) is 0 Å². The van der Waals surface area contributed by atoms with Gasteiger partial charge in [-0.15, -0.1) is 0 Å². The van der Waals surface area contributed by atoms with E-state index in [1.54, 1.807) is 12.1 Å². The lowest BCUT2D eigenvalue weighted by atomic mass is 10.1. The van der Waals surface area contributed by atoms with Crippen molar-refractivity contribution in [2.75, 3.05) is 6.26 Å². The molecule has 0 aliphatic heterocycles. The Balaban J connectivity index is 2.50. The molecule has 0 fully saturated rings. The first-order valence-corrected chi connectivity index (χ1v) is 8.21. The Morgan fingerprint density at radius 3 is 2.60 bits per heavy atom. The summed E-state index contributed by atoms with van der Waals surface area (Å²) in [5.74, 6) is -0.467. The second-order valence-electron chi connectivity index (χ2n) is 4.82. The molecule has 0 saturated carbocycles. The van der Waals surface area contributed by atoms with Crippen LogP contribution in [0.3, 0.4) is 0 Å². The van der Waals surface area contributed by atoms with E-state index in [2.05, 4.69) is 0 Å². The van der Waals surface area contributed by atoms with Gasteiger partial charge in [0.15, 0.2) is 15.4 Å². The number of aromatic nitrogens is 1. The van der Waals surface area contributed by atoms with Crippen molar-refractivity contribution in [3.05, 3.63) is 34.3 Å². The average Bonchev–Trinajstić information content (AvgIpc) is 2.69. The normalized spacial score (nSPS) is 15.4. The number of hydrogen-bond donors (Lipinski definition) is 1. The predicted octanol–water partition coefficient (Wildman–Crippen LogP) is 1.08. The third-order valence-electron chi connectivity index (χ3n) is 3.47. The Bertz CT molecular complexity index is 787. The van der Waals surface area contributed by atoms with Gasteiger partial charge >= 0.3 is 5.76 Å². The van der Waals surface area contributed by atoms with Crippen LogP contribution in [0.15, 0.2) is 27.4 Å². The van der Waals surface area contributed by atoms with Crippen molar-refractivity contribution in [3.8, 4) is 0 Å². The van der Waals surface area contributed by atoms with Crippen molar-refractivity contribution in [1.29, 1.82) is 0 Å². The summed E-state index contributed by atoms with van der Waals surface area (Å²) in [6.07, 6.45) is -0.0858. The second kappa shape index (κ2) is 5.06. The van der Waals surface area contributed by atoms with Crippen molar-refractivity contribution in [2.45, 2.75) is 31.7 Å². The first-order chi connectivity index (χ1) is 9.25. The molecule has 1 aromatic carbocycles. The smallest absolute Gasteiger partial charge is 0.408 e. The molecule has 0 bridgehead atoms. The molecule has 2 atom stereocenters. The van der Waals surface area contributed by atoms with Crippen LogP contribution in [0, 0.1) is 0 Å². The molecule has 0 saturated heterocycles. The standard InChI is InChI=1S/C13H17NO5S/c1-4-14-10-6-5-9(7-11(10)19-13(14)16)12(15)8(2)20(3,17)18/h5-8,12,15H,4H2,1-3H3. The fourth-order valence-corrected chi connectivity index (χ4v) is 2.70. The molecule has 110 valence electrons. The molecule has 1 N–H and O–H groups in total.